The Bertz CT molecular complexity index is 391. The average molecular weight is 267 g/mol. The van der Waals surface area contributed by atoms with Crippen LogP contribution in [0.2, 0.25) is 0 Å². The summed E-state index contributed by atoms with van der Waals surface area (Å²) in [5, 5.41) is 23.6. The molecule has 1 heterocycles. The fourth-order valence-electron chi connectivity index (χ4n) is 2.31. The van der Waals surface area contributed by atoms with Gasteiger partial charge in [0.1, 0.15) is 5.75 Å². The van der Waals surface area contributed by atoms with Gasteiger partial charge in [-0.05, 0) is 24.7 Å². The van der Waals surface area contributed by atoms with Crippen molar-refractivity contribution in [1.82, 2.24) is 5.32 Å². The molecule has 2 rings (SSSR count). The lowest BCUT2D eigenvalue weighted by atomic mass is 10.00. The highest BCUT2D eigenvalue weighted by Gasteiger charge is 2.32. The molecule has 4 heteroatoms. The molecule has 0 saturated carbocycles. The van der Waals surface area contributed by atoms with Crippen molar-refractivity contribution in [3.05, 3.63) is 29.8 Å². The Morgan fingerprint density at radius 3 is 2.83 bits per heavy atom. The lowest BCUT2D eigenvalue weighted by Gasteiger charge is -2.26. The number of aromatic hydroxyl groups is 1. The van der Waals surface area contributed by atoms with Gasteiger partial charge in [0.15, 0.2) is 0 Å². The molecule has 2 atom stereocenters. The van der Waals surface area contributed by atoms with Gasteiger partial charge in [-0.15, -0.1) is 0 Å². The largest absolute Gasteiger partial charge is 0.508 e. The van der Waals surface area contributed by atoms with Crippen molar-refractivity contribution in [2.24, 2.45) is 0 Å². The number of rotatable bonds is 5. The first-order valence-corrected chi connectivity index (χ1v) is 7.61. The van der Waals surface area contributed by atoms with Gasteiger partial charge in [0.2, 0.25) is 0 Å². The predicted octanol–water partition coefficient (Wildman–Crippen LogP) is 2.30. The summed E-state index contributed by atoms with van der Waals surface area (Å²) in [5.74, 6) is 2.16. The van der Waals surface area contributed by atoms with Crippen molar-refractivity contribution < 1.29 is 10.2 Å². The van der Waals surface area contributed by atoms with E-state index in [1.807, 2.05) is 18.2 Å². The van der Waals surface area contributed by atoms with E-state index in [-0.39, 0.29) is 6.04 Å². The predicted molar refractivity (Wildman–Crippen MR) is 76.0 cm³/mol. The topological polar surface area (TPSA) is 52.5 Å². The number of benzene rings is 1. The van der Waals surface area contributed by atoms with Crippen LogP contribution in [0.25, 0.3) is 0 Å². The number of phenolic OH excluding ortho intramolecular Hbond substituents is 1. The standard InChI is InChI=1S/C14H21NO2S/c1-2-12(11-5-3-4-6-13(11)16)15-9-14(17)7-8-18-10-14/h3-6,12,15-17H,2,7-10H2,1H3/t12-,14-/m1/s1. The lowest BCUT2D eigenvalue weighted by Crippen LogP contribution is -2.41. The van der Waals surface area contributed by atoms with E-state index in [0.717, 1.165) is 29.9 Å². The monoisotopic (exact) mass is 267 g/mol. The van der Waals surface area contributed by atoms with Crippen LogP contribution in [0.3, 0.4) is 0 Å². The first kappa shape index (κ1) is 13.7. The minimum atomic E-state index is -0.581. The van der Waals surface area contributed by atoms with E-state index in [2.05, 4.69) is 12.2 Å². The Hall–Kier alpha value is -0.710. The van der Waals surface area contributed by atoms with Gasteiger partial charge in [0.25, 0.3) is 0 Å². The van der Waals surface area contributed by atoms with Gasteiger partial charge in [-0.25, -0.2) is 0 Å². The number of hydrogen-bond donors (Lipinski definition) is 3. The minimum absolute atomic E-state index is 0.0980. The van der Waals surface area contributed by atoms with Crippen molar-refractivity contribution >= 4 is 11.8 Å². The van der Waals surface area contributed by atoms with E-state index in [1.165, 1.54) is 0 Å². The summed E-state index contributed by atoms with van der Waals surface area (Å²) < 4.78 is 0. The molecule has 3 nitrogen and oxygen atoms in total. The molecule has 0 radical (unpaired) electrons. The van der Waals surface area contributed by atoms with Gasteiger partial charge in [-0.2, -0.15) is 11.8 Å². The summed E-state index contributed by atoms with van der Waals surface area (Å²) in [6.45, 7) is 2.67. The third kappa shape index (κ3) is 3.19. The molecule has 1 aromatic carbocycles. The van der Waals surface area contributed by atoms with Crippen molar-refractivity contribution in [3.8, 4) is 5.75 Å². The maximum Gasteiger partial charge on any atom is 0.120 e. The average Bonchev–Trinajstić information content (AvgIpc) is 2.79. The van der Waals surface area contributed by atoms with E-state index in [9.17, 15) is 10.2 Å². The highest BCUT2D eigenvalue weighted by molar-refractivity contribution is 7.99. The molecule has 0 unspecified atom stereocenters. The molecule has 1 aliphatic rings. The fraction of sp³-hybridized carbons (Fsp3) is 0.571. The zero-order valence-corrected chi connectivity index (χ0v) is 11.5. The van der Waals surface area contributed by atoms with Crippen molar-refractivity contribution in [2.45, 2.75) is 31.4 Å². The summed E-state index contributed by atoms with van der Waals surface area (Å²) in [6, 6.07) is 7.50. The molecule has 18 heavy (non-hydrogen) atoms. The molecule has 1 aliphatic heterocycles. The van der Waals surface area contributed by atoms with Crippen LogP contribution in [0.4, 0.5) is 0 Å². The molecule has 3 N–H and O–H groups in total. The Morgan fingerprint density at radius 1 is 1.44 bits per heavy atom. The molecule has 1 saturated heterocycles. The van der Waals surface area contributed by atoms with Crippen LogP contribution in [-0.4, -0.2) is 33.9 Å². The Kier molecular flexibility index (Phi) is 4.54. The Labute approximate surface area is 113 Å². The summed E-state index contributed by atoms with van der Waals surface area (Å²) in [4.78, 5) is 0. The fourth-order valence-corrected chi connectivity index (χ4v) is 3.60. The van der Waals surface area contributed by atoms with Crippen LogP contribution in [0.5, 0.6) is 5.75 Å². The van der Waals surface area contributed by atoms with Gasteiger partial charge in [-0.3, -0.25) is 0 Å². The first-order chi connectivity index (χ1) is 8.64. The van der Waals surface area contributed by atoms with Crippen LogP contribution >= 0.6 is 11.8 Å². The van der Waals surface area contributed by atoms with E-state index in [1.54, 1.807) is 17.8 Å². The second kappa shape index (κ2) is 5.95. The number of phenols is 1. The van der Waals surface area contributed by atoms with E-state index in [4.69, 9.17) is 0 Å². The molecule has 0 bridgehead atoms. The van der Waals surface area contributed by atoms with E-state index >= 15 is 0 Å². The molecular formula is C14H21NO2S. The molecule has 100 valence electrons. The van der Waals surface area contributed by atoms with Crippen LogP contribution in [0.1, 0.15) is 31.4 Å². The van der Waals surface area contributed by atoms with Crippen LogP contribution < -0.4 is 5.32 Å². The third-order valence-corrected chi connectivity index (χ3v) is 4.71. The molecule has 0 amide bonds. The van der Waals surface area contributed by atoms with E-state index in [0.29, 0.717) is 12.3 Å². The molecule has 1 aromatic rings. The third-order valence-electron chi connectivity index (χ3n) is 3.48. The summed E-state index contributed by atoms with van der Waals surface area (Å²) in [5.41, 5.74) is 0.330. The lowest BCUT2D eigenvalue weighted by molar-refractivity contribution is 0.0642. The van der Waals surface area contributed by atoms with Gasteiger partial charge < -0.3 is 15.5 Å². The maximum absolute atomic E-state index is 10.3. The van der Waals surface area contributed by atoms with Gasteiger partial charge in [-0.1, -0.05) is 25.1 Å². The highest BCUT2D eigenvalue weighted by atomic mass is 32.2. The van der Waals surface area contributed by atoms with Crippen LogP contribution in [0, 0.1) is 0 Å². The highest BCUT2D eigenvalue weighted by Crippen LogP contribution is 2.30. The quantitative estimate of drug-likeness (QED) is 0.766. The number of nitrogens with one attached hydrogen (secondary N) is 1. The summed E-state index contributed by atoms with van der Waals surface area (Å²) in [6.07, 6.45) is 1.74. The van der Waals surface area contributed by atoms with Crippen LogP contribution in [0.15, 0.2) is 24.3 Å². The number of aliphatic hydroxyl groups is 1. The van der Waals surface area contributed by atoms with Crippen molar-refractivity contribution in [2.75, 3.05) is 18.1 Å². The molecule has 0 aliphatic carbocycles. The SMILES string of the molecule is CC[C@@H](NC[C@]1(O)CCSC1)c1ccccc1O. The number of para-hydroxylation sites is 1. The first-order valence-electron chi connectivity index (χ1n) is 6.46. The number of hydrogen-bond acceptors (Lipinski definition) is 4. The summed E-state index contributed by atoms with van der Waals surface area (Å²) >= 11 is 1.80. The van der Waals surface area contributed by atoms with Crippen molar-refractivity contribution in [3.63, 3.8) is 0 Å². The van der Waals surface area contributed by atoms with Gasteiger partial charge in [0.05, 0.1) is 5.60 Å². The van der Waals surface area contributed by atoms with Crippen molar-refractivity contribution in [1.29, 1.82) is 0 Å². The maximum atomic E-state index is 10.3. The second-order valence-corrected chi connectivity index (χ2v) is 6.03. The van der Waals surface area contributed by atoms with E-state index < -0.39 is 5.60 Å². The minimum Gasteiger partial charge on any atom is -0.508 e. The van der Waals surface area contributed by atoms with Crippen LogP contribution in [-0.2, 0) is 0 Å². The van der Waals surface area contributed by atoms with Gasteiger partial charge in [0, 0.05) is 23.9 Å². The van der Waals surface area contributed by atoms with Gasteiger partial charge >= 0.3 is 0 Å². The zero-order chi connectivity index (χ0) is 13.0. The zero-order valence-electron chi connectivity index (χ0n) is 10.7. The molecule has 1 fully saturated rings. The summed E-state index contributed by atoms with van der Waals surface area (Å²) in [7, 11) is 0. The molecule has 0 aromatic heterocycles. The Morgan fingerprint density at radius 2 is 2.22 bits per heavy atom. The smallest absolute Gasteiger partial charge is 0.120 e. The number of thioether (sulfide) groups is 1. The molecular weight excluding hydrogens is 246 g/mol. The Balaban J connectivity index is 1.99. The second-order valence-electron chi connectivity index (χ2n) is 4.93. The molecule has 0 spiro atoms. The normalized spacial score (nSPS) is 25.2.